The summed E-state index contributed by atoms with van der Waals surface area (Å²) in [5.41, 5.74) is 8.46. The lowest BCUT2D eigenvalue weighted by molar-refractivity contribution is -0.167. The second-order valence-corrected chi connectivity index (χ2v) is 18.5. The van der Waals surface area contributed by atoms with Crippen molar-refractivity contribution < 1.29 is 42.5 Å². The second kappa shape index (κ2) is 16.2. The quantitative estimate of drug-likeness (QED) is 0.237. The average molecular weight is 840 g/mol. The van der Waals surface area contributed by atoms with Crippen LogP contribution in [-0.4, -0.2) is 126 Å². The number of hydrazine groups is 1. The Bertz CT molecular complexity index is 2310. The summed E-state index contributed by atoms with van der Waals surface area (Å²) in [4.78, 5) is 54.7. The molecule has 4 fully saturated rings. The average Bonchev–Trinajstić information content (AvgIpc) is 3.82. The summed E-state index contributed by atoms with van der Waals surface area (Å²) < 4.78 is 38.1. The van der Waals surface area contributed by atoms with Crippen LogP contribution in [0.25, 0.3) is 33.4 Å². The van der Waals surface area contributed by atoms with Crippen LogP contribution in [0.4, 0.5) is 0 Å². The number of ether oxygens (including phenoxy) is 5. The number of hydrogen-bond acceptors (Lipinski definition) is 13. The van der Waals surface area contributed by atoms with E-state index in [4.69, 9.17) is 38.1 Å². The van der Waals surface area contributed by atoms with Crippen LogP contribution >= 0.6 is 0 Å². The van der Waals surface area contributed by atoms with Crippen molar-refractivity contribution in [2.45, 2.75) is 95.9 Å². The SMILES string of the molecule is CO[C@@H](C)c1ncccc1-c1c2c3cc(ccc3n1C1COC1)-c1coc(n1)[C@@H](N1CC(C)(OC)C1)[C@H](NC(=O)[C@@H]1OC[C@@H]1C)C(=O)N1CCC[C@H](N1)C(=O)OCC(C)(C)C2. The van der Waals surface area contributed by atoms with E-state index in [1.807, 2.05) is 37.8 Å². The molecule has 0 spiro atoms. The van der Waals surface area contributed by atoms with E-state index in [1.54, 1.807) is 26.7 Å². The highest BCUT2D eigenvalue weighted by atomic mass is 16.5. The van der Waals surface area contributed by atoms with Gasteiger partial charge in [0, 0.05) is 73.4 Å². The van der Waals surface area contributed by atoms with E-state index in [1.165, 1.54) is 5.01 Å². The zero-order chi connectivity index (χ0) is 42.8. The first-order valence-electron chi connectivity index (χ1n) is 21.4. The third-order valence-electron chi connectivity index (χ3n) is 13.1. The Morgan fingerprint density at radius 2 is 1.90 bits per heavy atom. The monoisotopic (exact) mass is 839 g/mol. The van der Waals surface area contributed by atoms with Gasteiger partial charge in [0.15, 0.2) is 0 Å². The Kier molecular flexibility index (Phi) is 11.1. The molecule has 326 valence electrons. The summed E-state index contributed by atoms with van der Waals surface area (Å²) in [6, 6.07) is 7.68. The summed E-state index contributed by atoms with van der Waals surface area (Å²) in [6.45, 7) is 13.1. The van der Waals surface area contributed by atoms with Crippen molar-refractivity contribution in [1.82, 2.24) is 35.2 Å². The minimum absolute atomic E-state index is 0.0152. The van der Waals surface area contributed by atoms with E-state index in [9.17, 15) is 14.4 Å². The fourth-order valence-electron chi connectivity index (χ4n) is 9.43. The smallest absolute Gasteiger partial charge is 0.324 e. The lowest BCUT2D eigenvalue weighted by atomic mass is 9.84. The number of carbonyl (C=O) groups excluding carboxylic acids is 3. The van der Waals surface area contributed by atoms with Crippen molar-refractivity contribution in [2.24, 2.45) is 11.3 Å². The Morgan fingerprint density at radius 1 is 1.10 bits per heavy atom. The molecule has 1 aromatic carbocycles. The van der Waals surface area contributed by atoms with E-state index in [0.29, 0.717) is 64.4 Å². The van der Waals surface area contributed by atoms with Crippen LogP contribution < -0.4 is 10.7 Å². The zero-order valence-corrected chi connectivity index (χ0v) is 36.1. The number of benzene rings is 1. The molecule has 16 heteroatoms. The Hall–Kier alpha value is -4.71. The summed E-state index contributed by atoms with van der Waals surface area (Å²) in [5.74, 6) is -1.01. The molecule has 2 amide bonds. The number of likely N-dealkylation sites (tertiary alicyclic amines) is 1. The maximum atomic E-state index is 14.9. The number of carbonyl (C=O) groups is 3. The highest BCUT2D eigenvalue weighted by Gasteiger charge is 2.51. The lowest BCUT2D eigenvalue weighted by Crippen LogP contribution is -2.68. The van der Waals surface area contributed by atoms with Crippen LogP contribution in [0.2, 0.25) is 0 Å². The normalized spacial score (nSPS) is 27.3. The summed E-state index contributed by atoms with van der Waals surface area (Å²) in [5, 5.41) is 5.51. The van der Waals surface area contributed by atoms with Gasteiger partial charge in [0.2, 0.25) is 11.8 Å². The number of rotatable bonds is 8. The molecule has 9 rings (SSSR count). The molecule has 5 aliphatic heterocycles. The number of pyridine rings is 1. The molecular weight excluding hydrogens is 783 g/mol. The Labute approximate surface area is 355 Å². The molecule has 3 aromatic heterocycles. The fraction of sp³-hybridized carbons (Fsp3) is 0.578. The van der Waals surface area contributed by atoms with Gasteiger partial charge in [-0.25, -0.2) is 10.4 Å². The predicted molar refractivity (Wildman–Crippen MR) is 223 cm³/mol. The lowest BCUT2D eigenvalue weighted by Gasteiger charge is -2.51. The van der Waals surface area contributed by atoms with Crippen molar-refractivity contribution in [3.05, 3.63) is 59.9 Å². The van der Waals surface area contributed by atoms with Crippen molar-refractivity contribution in [3.8, 4) is 22.5 Å². The van der Waals surface area contributed by atoms with Crippen LogP contribution in [0.1, 0.15) is 82.8 Å². The van der Waals surface area contributed by atoms with E-state index in [-0.39, 0.29) is 30.6 Å². The van der Waals surface area contributed by atoms with Crippen LogP contribution in [0, 0.1) is 11.3 Å². The van der Waals surface area contributed by atoms with Gasteiger partial charge < -0.3 is 38.0 Å². The number of hydrogen-bond donors (Lipinski definition) is 2. The number of oxazole rings is 1. The van der Waals surface area contributed by atoms with Gasteiger partial charge in [0.1, 0.15) is 36.2 Å². The van der Waals surface area contributed by atoms with Gasteiger partial charge in [0.05, 0.1) is 55.6 Å². The van der Waals surface area contributed by atoms with Crippen molar-refractivity contribution in [1.29, 1.82) is 0 Å². The Morgan fingerprint density at radius 3 is 2.59 bits per heavy atom. The third kappa shape index (κ3) is 7.65. The molecule has 4 saturated heterocycles. The van der Waals surface area contributed by atoms with E-state index in [2.05, 4.69) is 47.4 Å². The number of nitrogens with zero attached hydrogens (tertiary/aromatic N) is 5. The largest absolute Gasteiger partial charge is 0.464 e. The van der Waals surface area contributed by atoms with E-state index in [0.717, 1.165) is 39.0 Å². The van der Waals surface area contributed by atoms with Crippen LogP contribution in [-0.2, 0) is 44.5 Å². The van der Waals surface area contributed by atoms with Gasteiger partial charge in [-0.15, -0.1) is 0 Å². The number of cyclic esters (lactones) is 1. The molecule has 0 unspecified atom stereocenters. The standard InChI is InChI=1S/C45H57N7O9/c1-25-18-59-39(25)40(53)48-36-38(50-22-45(5,23-50)57-7)41-47-33(21-60-41)27-12-13-34-30(16-27)31(17-44(3,4)24-61-43(55)32-11-9-15-51(49-32)42(36)54)37(52(34)28-19-58-20-28)29-10-8-14-46-35(29)26(2)56-6/h8,10,12-14,16,21,25-26,28,32,36,38-39,49H,9,11,15,17-20,22-24H2,1-7H3,(H,48,53)/t25-,26-,32-,36-,38-,39+/m0/s1. The minimum Gasteiger partial charge on any atom is -0.464 e. The van der Waals surface area contributed by atoms with Gasteiger partial charge in [-0.1, -0.05) is 26.8 Å². The maximum Gasteiger partial charge on any atom is 0.324 e. The molecule has 6 bridgehead atoms. The molecule has 0 saturated carbocycles. The predicted octanol–water partition coefficient (Wildman–Crippen LogP) is 4.54. The number of amides is 2. The number of esters is 1. The molecule has 2 N–H and O–H groups in total. The van der Waals surface area contributed by atoms with Gasteiger partial charge in [-0.3, -0.25) is 29.3 Å². The molecule has 8 heterocycles. The maximum absolute atomic E-state index is 14.9. The molecule has 0 aliphatic carbocycles. The second-order valence-electron chi connectivity index (χ2n) is 18.5. The van der Waals surface area contributed by atoms with Gasteiger partial charge in [0.25, 0.3) is 5.91 Å². The van der Waals surface area contributed by atoms with Gasteiger partial charge >= 0.3 is 5.97 Å². The van der Waals surface area contributed by atoms with Crippen LogP contribution in [0.15, 0.2) is 47.2 Å². The first-order valence-corrected chi connectivity index (χ1v) is 21.4. The number of nitrogens with one attached hydrogen (secondary N) is 2. The molecule has 61 heavy (non-hydrogen) atoms. The molecule has 0 radical (unpaired) electrons. The van der Waals surface area contributed by atoms with Crippen LogP contribution in [0.3, 0.4) is 0 Å². The number of aromatic nitrogens is 3. The zero-order valence-electron chi connectivity index (χ0n) is 36.1. The van der Waals surface area contributed by atoms with E-state index < -0.39 is 53.0 Å². The summed E-state index contributed by atoms with van der Waals surface area (Å²) in [7, 11) is 3.35. The molecule has 5 aliphatic rings. The summed E-state index contributed by atoms with van der Waals surface area (Å²) >= 11 is 0. The topological polar surface area (TPSA) is 172 Å². The molecule has 6 atom stereocenters. The highest BCUT2D eigenvalue weighted by Crippen LogP contribution is 2.45. The van der Waals surface area contributed by atoms with Crippen molar-refractivity contribution in [2.75, 3.05) is 60.3 Å². The van der Waals surface area contributed by atoms with Crippen molar-refractivity contribution in [3.63, 3.8) is 0 Å². The highest BCUT2D eigenvalue weighted by molar-refractivity contribution is 5.95. The molecular formula is C45H57N7O9. The number of fused-ring (bicyclic) bond motifs is 6. The first kappa shape index (κ1) is 41.6. The van der Waals surface area contributed by atoms with E-state index >= 15 is 0 Å². The molecule has 16 nitrogen and oxygen atoms in total. The Balaban J connectivity index is 1.22. The summed E-state index contributed by atoms with van der Waals surface area (Å²) in [6.07, 6.45) is 4.01. The minimum atomic E-state index is -1.16. The molecule has 4 aromatic rings. The van der Waals surface area contributed by atoms with Crippen LogP contribution in [0.5, 0.6) is 0 Å². The number of methoxy groups -OCH3 is 2. The third-order valence-corrected chi connectivity index (χ3v) is 13.1. The van der Waals surface area contributed by atoms with Gasteiger partial charge in [-0.05, 0) is 62.9 Å². The van der Waals surface area contributed by atoms with Crippen molar-refractivity contribution >= 4 is 28.7 Å². The van der Waals surface area contributed by atoms with Gasteiger partial charge in [-0.2, -0.15) is 0 Å². The first-order chi connectivity index (χ1) is 29.3. The fourth-order valence-corrected chi connectivity index (χ4v) is 9.43.